The number of ether oxygens (including phenoxy) is 2. The molecule has 2 heterocycles. The summed E-state index contributed by atoms with van der Waals surface area (Å²) < 4.78 is 11.1. The standard InChI is InChI=1S/C21H26N4O4/c1-14-10-19(29-18-8-4-7-17(11-18)28-3)24-21(23-14)16-6-5-9-25(13-16)20(27)12-22-15(2)26/h4,7-8,10-11,16H,5-6,9,12-13H2,1-3H3,(H,22,26). The number of rotatable bonds is 6. The zero-order chi connectivity index (χ0) is 20.8. The second-order valence-corrected chi connectivity index (χ2v) is 7.08. The Balaban J connectivity index is 1.73. The lowest BCUT2D eigenvalue weighted by Crippen LogP contribution is -2.44. The number of hydrogen-bond donors (Lipinski definition) is 1. The summed E-state index contributed by atoms with van der Waals surface area (Å²) in [7, 11) is 1.61. The molecule has 1 aromatic heterocycles. The van der Waals surface area contributed by atoms with E-state index >= 15 is 0 Å². The van der Waals surface area contributed by atoms with Gasteiger partial charge in [-0.2, -0.15) is 4.98 Å². The Labute approximate surface area is 170 Å². The Morgan fingerprint density at radius 2 is 2.03 bits per heavy atom. The summed E-state index contributed by atoms with van der Waals surface area (Å²) in [5.74, 6) is 2.18. The summed E-state index contributed by atoms with van der Waals surface area (Å²) >= 11 is 0. The Morgan fingerprint density at radius 3 is 2.79 bits per heavy atom. The number of carbonyl (C=O) groups excluding carboxylic acids is 2. The van der Waals surface area contributed by atoms with E-state index in [1.807, 2.05) is 25.1 Å². The van der Waals surface area contributed by atoms with Crippen LogP contribution >= 0.6 is 0 Å². The van der Waals surface area contributed by atoms with Crippen LogP contribution in [-0.4, -0.2) is 53.4 Å². The zero-order valence-electron chi connectivity index (χ0n) is 17.0. The van der Waals surface area contributed by atoms with E-state index in [9.17, 15) is 9.59 Å². The van der Waals surface area contributed by atoms with Gasteiger partial charge in [-0.05, 0) is 31.9 Å². The largest absolute Gasteiger partial charge is 0.497 e. The van der Waals surface area contributed by atoms with E-state index in [0.29, 0.717) is 36.3 Å². The molecule has 1 aliphatic rings. The summed E-state index contributed by atoms with van der Waals surface area (Å²) in [4.78, 5) is 34.3. The lowest BCUT2D eigenvalue weighted by atomic mass is 9.97. The summed E-state index contributed by atoms with van der Waals surface area (Å²) in [5, 5.41) is 2.56. The summed E-state index contributed by atoms with van der Waals surface area (Å²) in [6.45, 7) is 4.51. The molecule has 0 saturated carbocycles. The average molecular weight is 398 g/mol. The van der Waals surface area contributed by atoms with Crippen molar-refractivity contribution in [1.29, 1.82) is 0 Å². The van der Waals surface area contributed by atoms with Crippen molar-refractivity contribution < 1.29 is 19.1 Å². The van der Waals surface area contributed by atoms with Crippen LogP contribution < -0.4 is 14.8 Å². The van der Waals surface area contributed by atoms with Crippen LogP contribution in [0.2, 0.25) is 0 Å². The number of aromatic nitrogens is 2. The molecule has 154 valence electrons. The summed E-state index contributed by atoms with van der Waals surface area (Å²) in [5.41, 5.74) is 0.801. The number of benzene rings is 1. The van der Waals surface area contributed by atoms with Crippen LogP contribution in [0.25, 0.3) is 0 Å². The van der Waals surface area contributed by atoms with Gasteiger partial charge in [-0.15, -0.1) is 0 Å². The molecule has 0 spiro atoms. The Bertz CT molecular complexity index is 887. The van der Waals surface area contributed by atoms with Crippen LogP contribution in [0, 0.1) is 6.92 Å². The Kier molecular flexibility index (Phi) is 6.64. The first-order valence-electron chi connectivity index (χ1n) is 9.64. The third kappa shape index (κ3) is 5.66. The van der Waals surface area contributed by atoms with Crippen LogP contribution in [0.5, 0.6) is 17.4 Å². The van der Waals surface area contributed by atoms with Gasteiger partial charge in [-0.3, -0.25) is 9.59 Å². The van der Waals surface area contributed by atoms with Crippen LogP contribution in [-0.2, 0) is 9.59 Å². The number of likely N-dealkylation sites (tertiary alicyclic amines) is 1. The minimum absolute atomic E-state index is 0.0148. The molecule has 29 heavy (non-hydrogen) atoms. The molecule has 8 nitrogen and oxygen atoms in total. The van der Waals surface area contributed by atoms with Crippen molar-refractivity contribution in [3.63, 3.8) is 0 Å². The number of nitrogens with zero attached hydrogens (tertiary/aromatic N) is 3. The molecule has 1 aliphatic heterocycles. The predicted octanol–water partition coefficient (Wildman–Crippen LogP) is 2.43. The molecule has 2 amide bonds. The van der Waals surface area contributed by atoms with Gasteiger partial charge in [0.1, 0.15) is 17.3 Å². The van der Waals surface area contributed by atoms with Crippen molar-refractivity contribution in [3.8, 4) is 17.4 Å². The van der Waals surface area contributed by atoms with Crippen molar-refractivity contribution in [2.75, 3.05) is 26.7 Å². The molecule has 3 rings (SSSR count). The van der Waals surface area contributed by atoms with Gasteiger partial charge in [0.05, 0.1) is 13.7 Å². The molecule has 1 fully saturated rings. The quantitative estimate of drug-likeness (QED) is 0.803. The first-order valence-corrected chi connectivity index (χ1v) is 9.64. The number of piperidine rings is 1. The molecule has 1 atom stereocenters. The number of aryl methyl sites for hydroxylation is 1. The summed E-state index contributed by atoms with van der Waals surface area (Å²) in [6.07, 6.45) is 1.76. The van der Waals surface area contributed by atoms with Crippen LogP contribution in [0.4, 0.5) is 0 Å². The molecule has 2 aromatic rings. The molecule has 0 radical (unpaired) electrons. The maximum atomic E-state index is 12.3. The Hall–Kier alpha value is -3.16. The highest BCUT2D eigenvalue weighted by atomic mass is 16.5. The minimum atomic E-state index is -0.215. The van der Waals surface area contributed by atoms with Gasteiger partial charge < -0.3 is 19.7 Å². The number of amides is 2. The number of methoxy groups -OCH3 is 1. The second-order valence-electron chi connectivity index (χ2n) is 7.08. The minimum Gasteiger partial charge on any atom is -0.497 e. The van der Waals surface area contributed by atoms with Crippen molar-refractivity contribution in [2.24, 2.45) is 0 Å². The van der Waals surface area contributed by atoms with Crippen LogP contribution in [0.1, 0.15) is 37.2 Å². The maximum Gasteiger partial charge on any atom is 0.241 e. The number of hydrogen-bond acceptors (Lipinski definition) is 6. The van der Waals surface area contributed by atoms with Crippen molar-refractivity contribution >= 4 is 11.8 Å². The van der Waals surface area contributed by atoms with E-state index in [0.717, 1.165) is 18.5 Å². The van der Waals surface area contributed by atoms with E-state index in [-0.39, 0.29) is 24.3 Å². The normalized spacial score (nSPS) is 16.2. The molecule has 0 bridgehead atoms. The molecular weight excluding hydrogens is 372 g/mol. The van der Waals surface area contributed by atoms with Gasteiger partial charge in [0, 0.05) is 43.8 Å². The zero-order valence-corrected chi connectivity index (χ0v) is 17.0. The fraction of sp³-hybridized carbons (Fsp3) is 0.429. The second kappa shape index (κ2) is 9.36. The molecule has 8 heteroatoms. The molecule has 1 saturated heterocycles. The van der Waals surface area contributed by atoms with E-state index in [1.165, 1.54) is 6.92 Å². The van der Waals surface area contributed by atoms with Gasteiger partial charge in [-0.25, -0.2) is 4.98 Å². The van der Waals surface area contributed by atoms with Crippen molar-refractivity contribution in [1.82, 2.24) is 20.2 Å². The third-order valence-electron chi connectivity index (χ3n) is 4.74. The van der Waals surface area contributed by atoms with Crippen molar-refractivity contribution in [3.05, 3.63) is 41.9 Å². The maximum absolute atomic E-state index is 12.3. The van der Waals surface area contributed by atoms with Gasteiger partial charge in [0.2, 0.25) is 17.7 Å². The third-order valence-corrected chi connectivity index (χ3v) is 4.74. The van der Waals surface area contributed by atoms with Crippen molar-refractivity contribution in [2.45, 2.75) is 32.6 Å². The average Bonchev–Trinajstić information content (AvgIpc) is 2.71. The monoisotopic (exact) mass is 398 g/mol. The highest BCUT2D eigenvalue weighted by Gasteiger charge is 2.27. The van der Waals surface area contributed by atoms with E-state index in [1.54, 1.807) is 24.1 Å². The first-order chi connectivity index (χ1) is 13.9. The number of carbonyl (C=O) groups is 2. The summed E-state index contributed by atoms with van der Waals surface area (Å²) in [6, 6.07) is 9.11. The molecule has 0 aliphatic carbocycles. The predicted molar refractivity (Wildman–Crippen MR) is 107 cm³/mol. The topological polar surface area (TPSA) is 93.7 Å². The number of nitrogens with one attached hydrogen (secondary N) is 1. The lowest BCUT2D eigenvalue weighted by molar-refractivity contribution is -0.133. The smallest absolute Gasteiger partial charge is 0.241 e. The molecule has 1 N–H and O–H groups in total. The SMILES string of the molecule is COc1cccc(Oc2cc(C)nc(C3CCCN(C(=O)CNC(C)=O)C3)n2)c1. The van der Waals surface area contributed by atoms with Gasteiger partial charge in [-0.1, -0.05) is 6.07 Å². The molecule has 1 aromatic carbocycles. The highest BCUT2D eigenvalue weighted by molar-refractivity contribution is 5.83. The highest BCUT2D eigenvalue weighted by Crippen LogP contribution is 2.28. The fourth-order valence-corrected chi connectivity index (χ4v) is 3.31. The van der Waals surface area contributed by atoms with E-state index in [2.05, 4.69) is 15.3 Å². The Morgan fingerprint density at radius 1 is 1.24 bits per heavy atom. The van der Waals surface area contributed by atoms with E-state index < -0.39 is 0 Å². The van der Waals surface area contributed by atoms with Gasteiger partial charge in [0.15, 0.2) is 0 Å². The molecule has 1 unspecified atom stereocenters. The van der Waals surface area contributed by atoms with Crippen LogP contribution in [0.3, 0.4) is 0 Å². The fourth-order valence-electron chi connectivity index (χ4n) is 3.31. The van der Waals surface area contributed by atoms with Gasteiger partial charge >= 0.3 is 0 Å². The first kappa shape index (κ1) is 20.6. The van der Waals surface area contributed by atoms with Crippen LogP contribution in [0.15, 0.2) is 30.3 Å². The van der Waals surface area contributed by atoms with Gasteiger partial charge in [0.25, 0.3) is 0 Å². The molecular formula is C21H26N4O4. The van der Waals surface area contributed by atoms with E-state index in [4.69, 9.17) is 9.47 Å². The lowest BCUT2D eigenvalue weighted by Gasteiger charge is -2.32.